The number of fused-ring (bicyclic) bond motifs is 1. The summed E-state index contributed by atoms with van der Waals surface area (Å²) in [5.41, 5.74) is 0.770. The predicted octanol–water partition coefficient (Wildman–Crippen LogP) is 1.38. The van der Waals surface area contributed by atoms with Gasteiger partial charge >= 0.3 is 0 Å². The minimum Gasteiger partial charge on any atom is -0.487 e. The molecule has 1 N–H and O–H groups in total. The van der Waals surface area contributed by atoms with Crippen molar-refractivity contribution in [3.05, 3.63) is 29.8 Å². The molecule has 1 aliphatic heterocycles. The van der Waals surface area contributed by atoms with Crippen molar-refractivity contribution in [2.45, 2.75) is 37.8 Å². The van der Waals surface area contributed by atoms with Crippen LogP contribution in [0, 0.1) is 5.92 Å². The average Bonchev–Trinajstić information content (AvgIpc) is 2.63. The van der Waals surface area contributed by atoms with Gasteiger partial charge < -0.3 is 9.84 Å². The van der Waals surface area contributed by atoms with E-state index in [0.29, 0.717) is 0 Å². The molecule has 0 aliphatic carbocycles. The fraction of sp³-hybridized carbons (Fsp3) is 0.579. The van der Waals surface area contributed by atoms with Crippen molar-refractivity contribution in [1.82, 2.24) is 8.61 Å². The number of aliphatic hydroxyl groups is 1. The average molecular weight is 447 g/mol. The Morgan fingerprint density at radius 1 is 1.41 bits per heavy atom. The zero-order valence-corrected chi connectivity index (χ0v) is 19.1. The first-order valence-electron chi connectivity index (χ1n) is 9.39. The van der Waals surface area contributed by atoms with E-state index < -0.39 is 32.2 Å². The summed E-state index contributed by atoms with van der Waals surface area (Å²) < 4.78 is 58.9. The van der Waals surface area contributed by atoms with Gasteiger partial charge in [0.2, 0.25) is 20.0 Å². The highest BCUT2D eigenvalue weighted by Crippen LogP contribution is 2.34. The van der Waals surface area contributed by atoms with Crippen LogP contribution in [0.5, 0.6) is 5.75 Å². The van der Waals surface area contributed by atoms with Gasteiger partial charge in [-0.05, 0) is 31.5 Å². The first kappa shape index (κ1) is 23.8. The van der Waals surface area contributed by atoms with E-state index in [4.69, 9.17) is 4.74 Å². The summed E-state index contributed by atoms with van der Waals surface area (Å²) >= 11 is 0. The quantitative estimate of drug-likeness (QED) is 0.708. The Kier molecular flexibility index (Phi) is 7.50. The van der Waals surface area contributed by atoms with Gasteiger partial charge in [0.1, 0.15) is 16.7 Å². The van der Waals surface area contributed by atoms with E-state index in [1.807, 2.05) is 26.0 Å². The van der Waals surface area contributed by atoms with Crippen LogP contribution in [0.1, 0.15) is 26.3 Å². The molecule has 0 aromatic heterocycles. The summed E-state index contributed by atoms with van der Waals surface area (Å²) in [6.45, 7) is 5.15. The van der Waals surface area contributed by atoms with Crippen LogP contribution in [0.2, 0.25) is 0 Å². The van der Waals surface area contributed by atoms with Crippen molar-refractivity contribution < 1.29 is 26.7 Å². The maximum Gasteiger partial charge on any atom is 0.247 e. The highest BCUT2D eigenvalue weighted by Gasteiger charge is 2.38. The van der Waals surface area contributed by atoms with Crippen molar-refractivity contribution in [3.63, 3.8) is 0 Å². The van der Waals surface area contributed by atoms with Crippen LogP contribution < -0.4 is 4.74 Å². The van der Waals surface area contributed by atoms with E-state index in [9.17, 15) is 21.9 Å². The Hall–Kier alpha value is -1.46. The van der Waals surface area contributed by atoms with E-state index in [2.05, 4.69) is 0 Å². The van der Waals surface area contributed by atoms with Gasteiger partial charge in [0, 0.05) is 25.6 Å². The van der Waals surface area contributed by atoms with E-state index >= 15 is 0 Å². The molecular weight excluding hydrogens is 416 g/mol. The van der Waals surface area contributed by atoms with Gasteiger partial charge in [0.25, 0.3) is 0 Å². The van der Waals surface area contributed by atoms with Gasteiger partial charge in [-0.1, -0.05) is 25.1 Å². The molecule has 0 unspecified atom stereocenters. The Morgan fingerprint density at radius 2 is 2.07 bits per heavy atom. The Morgan fingerprint density at radius 3 is 2.62 bits per heavy atom. The normalized spacial score (nSPS) is 24.0. The zero-order chi connectivity index (χ0) is 22.0. The molecule has 1 heterocycles. The van der Waals surface area contributed by atoms with E-state index in [1.165, 1.54) is 21.7 Å². The van der Waals surface area contributed by atoms with Gasteiger partial charge in [0.15, 0.2) is 0 Å². The molecule has 1 aromatic rings. The first-order valence-corrected chi connectivity index (χ1v) is 12.7. The van der Waals surface area contributed by atoms with Crippen molar-refractivity contribution in [3.8, 4) is 5.75 Å². The monoisotopic (exact) mass is 446 g/mol. The number of ether oxygens (including phenoxy) is 1. The lowest BCUT2D eigenvalue weighted by atomic mass is 10.0. The first-order chi connectivity index (χ1) is 13.4. The predicted molar refractivity (Wildman–Crippen MR) is 113 cm³/mol. The molecule has 0 spiro atoms. The highest BCUT2D eigenvalue weighted by molar-refractivity contribution is 7.89. The number of nitrogens with zero attached hydrogens (tertiary/aromatic N) is 2. The summed E-state index contributed by atoms with van der Waals surface area (Å²) in [5, 5.41) is 9.61. The molecule has 1 aliphatic rings. The maximum absolute atomic E-state index is 13.3. The smallest absolute Gasteiger partial charge is 0.247 e. The summed E-state index contributed by atoms with van der Waals surface area (Å²) in [6, 6.07) is 4.19. The topological polar surface area (TPSA) is 104 Å². The summed E-state index contributed by atoms with van der Waals surface area (Å²) in [7, 11) is -5.87. The number of aliphatic hydroxyl groups excluding tert-OH is 1. The molecule has 29 heavy (non-hydrogen) atoms. The lowest BCUT2D eigenvalue weighted by Gasteiger charge is -2.37. The van der Waals surface area contributed by atoms with Gasteiger partial charge in [-0.15, -0.1) is 0 Å². The second-order valence-electron chi connectivity index (χ2n) is 7.49. The Labute approximate surface area is 173 Å². The molecule has 10 heteroatoms. The summed E-state index contributed by atoms with van der Waals surface area (Å²) in [4.78, 5) is 0.00459. The van der Waals surface area contributed by atoms with Crippen LogP contribution in [0.3, 0.4) is 0 Å². The van der Waals surface area contributed by atoms with Crippen molar-refractivity contribution >= 4 is 26.1 Å². The number of likely N-dealkylation sites (N-methyl/N-ethyl adjacent to an activating group) is 1. The minimum absolute atomic E-state index is 0.00459. The van der Waals surface area contributed by atoms with Crippen LogP contribution in [0.4, 0.5) is 0 Å². The van der Waals surface area contributed by atoms with Crippen LogP contribution in [-0.2, 0) is 20.0 Å². The molecule has 0 saturated carbocycles. The Bertz CT molecular complexity index is 959. The van der Waals surface area contributed by atoms with E-state index in [0.717, 1.165) is 11.8 Å². The van der Waals surface area contributed by atoms with Crippen LogP contribution in [0.25, 0.3) is 6.08 Å². The third-order valence-corrected chi connectivity index (χ3v) is 8.35. The molecule has 0 radical (unpaired) electrons. The number of benzene rings is 1. The molecule has 8 nitrogen and oxygen atoms in total. The molecule has 2 rings (SSSR count). The van der Waals surface area contributed by atoms with Gasteiger partial charge in [-0.3, -0.25) is 0 Å². The van der Waals surface area contributed by atoms with Crippen molar-refractivity contribution in [2.75, 3.05) is 33.0 Å². The van der Waals surface area contributed by atoms with Gasteiger partial charge in [0.05, 0.1) is 19.4 Å². The van der Waals surface area contributed by atoms with E-state index in [1.54, 1.807) is 19.1 Å². The standard InChI is InChI=1S/C19H30N2O6S2/c1-6-7-16-8-9-19-17(10-16)27-18(12-20(4)28(5,23)24)14(2)11-21(15(3)13-22)29(19,25)26/h6-10,14-15,18,22H,11-13H2,1-5H3/b7-6+/t14-,15-,18-/m0/s1. The second-order valence-corrected chi connectivity index (χ2v) is 11.4. The zero-order valence-electron chi connectivity index (χ0n) is 17.4. The third kappa shape index (κ3) is 5.37. The van der Waals surface area contributed by atoms with Crippen LogP contribution in [0.15, 0.2) is 29.2 Å². The third-order valence-electron chi connectivity index (χ3n) is 5.05. The molecule has 0 bridgehead atoms. The van der Waals surface area contributed by atoms with Gasteiger partial charge in [-0.2, -0.15) is 4.31 Å². The number of sulfonamides is 2. The molecular formula is C19H30N2O6S2. The number of rotatable bonds is 6. The van der Waals surface area contributed by atoms with Crippen molar-refractivity contribution in [1.29, 1.82) is 0 Å². The maximum atomic E-state index is 13.3. The summed E-state index contributed by atoms with van der Waals surface area (Å²) in [5.74, 6) is -0.143. The number of hydrogen-bond donors (Lipinski definition) is 1. The Balaban J connectivity index is 2.61. The highest BCUT2D eigenvalue weighted by atomic mass is 32.2. The fourth-order valence-corrected chi connectivity index (χ4v) is 5.39. The molecule has 0 saturated heterocycles. The second kappa shape index (κ2) is 9.13. The number of allylic oxidation sites excluding steroid dienone is 1. The van der Waals surface area contributed by atoms with Crippen molar-refractivity contribution in [2.24, 2.45) is 5.92 Å². The van der Waals surface area contributed by atoms with Crippen LogP contribution >= 0.6 is 0 Å². The molecule has 0 amide bonds. The van der Waals surface area contributed by atoms with E-state index in [-0.39, 0.29) is 36.3 Å². The molecule has 1 aromatic carbocycles. The minimum atomic E-state index is -3.91. The SMILES string of the molecule is C/C=C/c1ccc2c(c1)O[C@@H](CN(C)S(C)(=O)=O)[C@@H](C)CN([C@@H](C)CO)S2(=O)=O. The van der Waals surface area contributed by atoms with Gasteiger partial charge in [-0.25, -0.2) is 21.1 Å². The molecule has 164 valence electrons. The summed E-state index contributed by atoms with van der Waals surface area (Å²) in [6.07, 6.45) is 4.20. The lowest BCUT2D eigenvalue weighted by Crippen LogP contribution is -2.50. The molecule has 0 fully saturated rings. The largest absolute Gasteiger partial charge is 0.487 e. The molecule has 3 atom stereocenters. The van der Waals surface area contributed by atoms with Crippen LogP contribution in [-0.4, -0.2) is 75.7 Å². The fourth-order valence-electron chi connectivity index (χ4n) is 3.14. The number of hydrogen-bond acceptors (Lipinski definition) is 6. The lowest BCUT2D eigenvalue weighted by molar-refractivity contribution is 0.0905.